The topological polar surface area (TPSA) is 74.8 Å². The van der Waals surface area contributed by atoms with Crippen molar-refractivity contribution < 1.29 is 19.2 Å². The van der Waals surface area contributed by atoms with Crippen molar-refractivity contribution in [1.82, 2.24) is 9.80 Å². The maximum atomic E-state index is 12.6. The van der Waals surface area contributed by atoms with E-state index < -0.39 is 23.6 Å². The minimum atomic E-state index is -1.19. The van der Waals surface area contributed by atoms with Gasteiger partial charge in [-0.2, -0.15) is 0 Å². The SMILES string of the molecule is O=C1C(=O)N(Cc2ccccc2)C(=O)N(Cc2ccccc2)C1=O. The van der Waals surface area contributed by atoms with Crippen LogP contribution in [0.1, 0.15) is 11.1 Å². The molecule has 3 rings (SSSR count). The number of hydrogen-bond acceptors (Lipinski definition) is 4. The van der Waals surface area contributed by atoms with Crippen molar-refractivity contribution in [2.45, 2.75) is 13.1 Å². The summed E-state index contributed by atoms with van der Waals surface area (Å²) in [5, 5.41) is 0. The molecule has 0 N–H and O–H groups in total. The van der Waals surface area contributed by atoms with E-state index >= 15 is 0 Å². The van der Waals surface area contributed by atoms with Crippen LogP contribution in [0.5, 0.6) is 0 Å². The van der Waals surface area contributed by atoms with Crippen molar-refractivity contribution >= 4 is 23.6 Å². The molecule has 1 fully saturated rings. The molecule has 6 heteroatoms. The van der Waals surface area contributed by atoms with E-state index in [1.165, 1.54) is 0 Å². The number of amides is 4. The van der Waals surface area contributed by atoms with E-state index in [0.717, 1.165) is 9.80 Å². The number of hydrogen-bond donors (Lipinski definition) is 0. The molecule has 1 aliphatic rings. The molecule has 1 heterocycles. The first kappa shape index (κ1) is 15.6. The molecular formula is C18H14N2O4. The maximum Gasteiger partial charge on any atom is 0.334 e. The second-order valence-electron chi connectivity index (χ2n) is 5.37. The highest BCUT2D eigenvalue weighted by Crippen LogP contribution is 2.17. The molecule has 120 valence electrons. The van der Waals surface area contributed by atoms with Gasteiger partial charge in [0.1, 0.15) is 0 Å². The third-order valence-corrected chi connectivity index (χ3v) is 3.71. The molecule has 0 aliphatic carbocycles. The number of urea groups is 1. The Hall–Kier alpha value is -3.28. The molecule has 24 heavy (non-hydrogen) atoms. The molecular weight excluding hydrogens is 308 g/mol. The van der Waals surface area contributed by atoms with Gasteiger partial charge in [-0.3, -0.25) is 24.2 Å². The van der Waals surface area contributed by atoms with Gasteiger partial charge < -0.3 is 0 Å². The number of Topliss-reactive ketones (excluding diaryl/α,β-unsaturated/α-hetero) is 1. The lowest BCUT2D eigenvalue weighted by molar-refractivity contribution is -0.155. The molecule has 0 bridgehead atoms. The van der Waals surface area contributed by atoms with Crippen LogP contribution < -0.4 is 0 Å². The van der Waals surface area contributed by atoms with Crippen molar-refractivity contribution in [3.63, 3.8) is 0 Å². The summed E-state index contributed by atoms with van der Waals surface area (Å²) in [6, 6.07) is 16.9. The Bertz CT molecular complexity index is 737. The molecule has 0 aromatic heterocycles. The van der Waals surface area contributed by atoms with Crippen LogP contribution in [0.2, 0.25) is 0 Å². The molecule has 0 spiro atoms. The van der Waals surface area contributed by atoms with E-state index in [-0.39, 0.29) is 13.1 Å². The summed E-state index contributed by atoms with van der Waals surface area (Å²) in [6.07, 6.45) is 0. The Morgan fingerprint density at radius 2 is 0.958 bits per heavy atom. The molecule has 2 aromatic rings. The molecule has 1 aliphatic heterocycles. The predicted molar refractivity (Wildman–Crippen MR) is 84.4 cm³/mol. The van der Waals surface area contributed by atoms with Crippen molar-refractivity contribution in [2.75, 3.05) is 0 Å². The number of nitrogens with zero attached hydrogens (tertiary/aromatic N) is 2. The zero-order chi connectivity index (χ0) is 17.1. The first-order chi connectivity index (χ1) is 11.6. The third kappa shape index (κ3) is 2.94. The normalized spacial score (nSPS) is 15.2. The monoisotopic (exact) mass is 322 g/mol. The van der Waals surface area contributed by atoms with Crippen LogP contribution in [0.15, 0.2) is 60.7 Å². The Labute approximate surface area is 138 Å². The maximum absolute atomic E-state index is 12.6. The van der Waals surface area contributed by atoms with E-state index in [4.69, 9.17) is 0 Å². The van der Waals surface area contributed by atoms with Crippen molar-refractivity contribution in [3.8, 4) is 0 Å². The van der Waals surface area contributed by atoms with Crippen LogP contribution in [0.25, 0.3) is 0 Å². The van der Waals surface area contributed by atoms with E-state index in [1.54, 1.807) is 60.7 Å². The largest absolute Gasteiger partial charge is 0.334 e. The van der Waals surface area contributed by atoms with E-state index in [9.17, 15) is 19.2 Å². The molecule has 0 unspecified atom stereocenters. The Kier molecular flexibility index (Phi) is 4.20. The predicted octanol–water partition coefficient (Wildman–Crippen LogP) is 1.75. The average Bonchev–Trinajstić information content (AvgIpc) is 2.62. The standard InChI is InChI=1S/C18H14N2O4/c21-15-16(22)19(11-13-7-3-1-4-8-13)18(24)20(17(15)23)12-14-9-5-2-6-10-14/h1-10H,11-12H2. The van der Waals surface area contributed by atoms with Gasteiger partial charge in [0.15, 0.2) is 0 Å². The lowest BCUT2D eigenvalue weighted by Gasteiger charge is -2.31. The number of rotatable bonds is 4. The first-order valence-electron chi connectivity index (χ1n) is 7.37. The number of ketones is 1. The summed E-state index contributed by atoms with van der Waals surface area (Å²) in [4.78, 5) is 50.2. The summed E-state index contributed by atoms with van der Waals surface area (Å²) < 4.78 is 0. The quantitative estimate of drug-likeness (QED) is 0.804. The van der Waals surface area contributed by atoms with Crippen molar-refractivity contribution in [1.29, 1.82) is 0 Å². The van der Waals surface area contributed by atoms with Gasteiger partial charge in [0.05, 0.1) is 13.1 Å². The Morgan fingerprint density at radius 1 is 0.583 bits per heavy atom. The number of benzene rings is 2. The van der Waals surface area contributed by atoms with Crippen LogP contribution >= 0.6 is 0 Å². The highest BCUT2D eigenvalue weighted by atomic mass is 16.2. The van der Waals surface area contributed by atoms with Crippen LogP contribution in [0.3, 0.4) is 0 Å². The van der Waals surface area contributed by atoms with Crippen molar-refractivity contribution in [3.05, 3.63) is 71.8 Å². The zero-order valence-corrected chi connectivity index (χ0v) is 12.7. The molecule has 2 aromatic carbocycles. The van der Waals surface area contributed by atoms with Crippen molar-refractivity contribution in [2.24, 2.45) is 0 Å². The number of imide groups is 2. The van der Waals surface area contributed by atoms with Crippen LogP contribution in [0, 0.1) is 0 Å². The summed E-state index contributed by atoms with van der Waals surface area (Å²) in [6.45, 7) is -0.106. The molecule has 1 saturated heterocycles. The highest BCUT2D eigenvalue weighted by Gasteiger charge is 2.44. The summed E-state index contributed by atoms with van der Waals surface area (Å²) >= 11 is 0. The van der Waals surface area contributed by atoms with Gasteiger partial charge >= 0.3 is 23.6 Å². The van der Waals surface area contributed by atoms with Crippen LogP contribution in [-0.4, -0.2) is 33.4 Å². The molecule has 0 radical (unpaired) electrons. The van der Waals surface area contributed by atoms with Gasteiger partial charge in [0, 0.05) is 0 Å². The summed E-state index contributed by atoms with van der Waals surface area (Å²) in [5.41, 5.74) is 1.39. The second kappa shape index (κ2) is 6.45. The molecule has 6 nitrogen and oxygen atoms in total. The molecule has 0 atom stereocenters. The Morgan fingerprint density at radius 3 is 1.33 bits per heavy atom. The van der Waals surface area contributed by atoms with Gasteiger partial charge in [-0.1, -0.05) is 60.7 Å². The fourth-order valence-electron chi connectivity index (χ4n) is 2.47. The number of carbonyl (C=O) groups is 4. The lowest BCUT2D eigenvalue weighted by atomic mass is 10.1. The van der Waals surface area contributed by atoms with Crippen LogP contribution in [-0.2, 0) is 27.5 Å². The van der Waals surface area contributed by atoms with Gasteiger partial charge in [-0.05, 0) is 11.1 Å². The molecule has 4 amide bonds. The summed E-state index contributed by atoms with van der Waals surface area (Å²) in [5.74, 6) is -3.36. The van der Waals surface area contributed by atoms with E-state index in [2.05, 4.69) is 0 Å². The molecule has 0 saturated carbocycles. The lowest BCUT2D eigenvalue weighted by Crippen LogP contribution is -2.59. The van der Waals surface area contributed by atoms with Crippen LogP contribution in [0.4, 0.5) is 4.79 Å². The fraction of sp³-hybridized carbons (Fsp3) is 0.111. The Balaban J connectivity index is 1.87. The van der Waals surface area contributed by atoms with Gasteiger partial charge in [-0.25, -0.2) is 4.79 Å². The minimum Gasteiger partial charge on any atom is -0.277 e. The highest BCUT2D eigenvalue weighted by molar-refractivity contribution is 6.66. The fourth-order valence-corrected chi connectivity index (χ4v) is 2.47. The van der Waals surface area contributed by atoms with E-state index in [1.807, 2.05) is 0 Å². The smallest absolute Gasteiger partial charge is 0.277 e. The van der Waals surface area contributed by atoms with Gasteiger partial charge in [0.25, 0.3) is 0 Å². The van der Waals surface area contributed by atoms with E-state index in [0.29, 0.717) is 11.1 Å². The van der Waals surface area contributed by atoms with Gasteiger partial charge in [-0.15, -0.1) is 0 Å². The minimum absolute atomic E-state index is 0.0528. The second-order valence-corrected chi connectivity index (χ2v) is 5.37. The summed E-state index contributed by atoms with van der Waals surface area (Å²) in [7, 11) is 0. The first-order valence-corrected chi connectivity index (χ1v) is 7.37. The third-order valence-electron chi connectivity index (χ3n) is 3.71. The zero-order valence-electron chi connectivity index (χ0n) is 12.7. The van der Waals surface area contributed by atoms with Gasteiger partial charge in [0.2, 0.25) is 0 Å². The average molecular weight is 322 g/mol. The number of carbonyl (C=O) groups excluding carboxylic acids is 4. The number of barbiturate groups is 1.